The smallest absolute Gasteiger partial charge is 0.321 e. The van der Waals surface area contributed by atoms with E-state index in [2.05, 4.69) is 15.5 Å². The van der Waals surface area contributed by atoms with Gasteiger partial charge < -0.3 is 15.3 Å². The van der Waals surface area contributed by atoms with Crippen LogP contribution >= 0.6 is 0 Å². The lowest BCUT2D eigenvalue weighted by molar-refractivity contribution is -0.121. The van der Waals surface area contributed by atoms with Crippen LogP contribution in [0, 0.1) is 0 Å². The normalized spacial score (nSPS) is 18.5. The standard InChI is InChI=1S/C16H22N4O3/c21-14-5-3-13(4-6-14)20-9-7-19(8-10-20)11-15(22)18-16(23)17-12-1-2-12/h3-6,12,21H,1-2,7-11H2,(H2,17,18,22,23). The van der Waals surface area contributed by atoms with Crippen molar-refractivity contribution in [1.29, 1.82) is 0 Å². The third kappa shape index (κ3) is 4.59. The number of carbonyl (C=O) groups excluding carboxylic acids is 2. The molecule has 1 aliphatic carbocycles. The van der Waals surface area contributed by atoms with E-state index in [0.29, 0.717) is 0 Å². The number of hydrogen-bond donors (Lipinski definition) is 3. The van der Waals surface area contributed by atoms with Gasteiger partial charge in [-0.2, -0.15) is 0 Å². The molecule has 7 heteroatoms. The minimum absolute atomic E-state index is 0.238. The van der Waals surface area contributed by atoms with E-state index in [1.54, 1.807) is 12.1 Å². The Bertz CT molecular complexity index is 563. The summed E-state index contributed by atoms with van der Waals surface area (Å²) in [5.74, 6) is -0.00485. The second-order valence-corrected chi connectivity index (χ2v) is 6.08. The summed E-state index contributed by atoms with van der Waals surface area (Å²) < 4.78 is 0. The van der Waals surface area contributed by atoms with Gasteiger partial charge in [0.15, 0.2) is 0 Å². The van der Waals surface area contributed by atoms with Crippen LogP contribution in [-0.2, 0) is 4.79 Å². The molecule has 3 N–H and O–H groups in total. The predicted molar refractivity (Wildman–Crippen MR) is 86.5 cm³/mol. The lowest BCUT2D eigenvalue weighted by atomic mass is 10.2. The van der Waals surface area contributed by atoms with E-state index in [-0.39, 0.29) is 30.3 Å². The topological polar surface area (TPSA) is 84.9 Å². The molecule has 0 radical (unpaired) electrons. The molecule has 0 atom stereocenters. The first kappa shape index (κ1) is 15.6. The third-order valence-corrected chi connectivity index (χ3v) is 4.12. The van der Waals surface area contributed by atoms with Crippen LogP contribution in [0.25, 0.3) is 0 Å². The van der Waals surface area contributed by atoms with Crippen LogP contribution in [0.3, 0.4) is 0 Å². The van der Waals surface area contributed by atoms with Crippen molar-refractivity contribution in [1.82, 2.24) is 15.5 Å². The van der Waals surface area contributed by atoms with Gasteiger partial charge in [0.2, 0.25) is 5.91 Å². The van der Waals surface area contributed by atoms with Crippen LogP contribution in [0.15, 0.2) is 24.3 Å². The fourth-order valence-electron chi connectivity index (χ4n) is 2.65. The molecule has 124 valence electrons. The molecule has 3 amide bonds. The maximum absolute atomic E-state index is 11.9. The van der Waals surface area contributed by atoms with Crippen LogP contribution in [0.1, 0.15) is 12.8 Å². The molecule has 1 heterocycles. The first-order valence-corrected chi connectivity index (χ1v) is 7.97. The number of piperazine rings is 1. The van der Waals surface area contributed by atoms with E-state index in [4.69, 9.17) is 0 Å². The predicted octanol–water partition coefficient (Wildman–Crippen LogP) is 0.502. The number of benzene rings is 1. The molecule has 0 aromatic heterocycles. The number of amides is 3. The number of nitrogens with one attached hydrogen (secondary N) is 2. The van der Waals surface area contributed by atoms with Crippen molar-refractivity contribution in [2.24, 2.45) is 0 Å². The van der Waals surface area contributed by atoms with Gasteiger partial charge in [-0.15, -0.1) is 0 Å². The largest absolute Gasteiger partial charge is 0.508 e. The molecule has 1 aliphatic heterocycles. The number of hydrogen-bond acceptors (Lipinski definition) is 5. The highest BCUT2D eigenvalue weighted by Gasteiger charge is 2.25. The Hall–Kier alpha value is -2.28. The molecule has 1 aromatic carbocycles. The number of rotatable bonds is 4. The summed E-state index contributed by atoms with van der Waals surface area (Å²) in [7, 11) is 0. The van der Waals surface area contributed by atoms with Gasteiger partial charge in [0.1, 0.15) is 5.75 Å². The van der Waals surface area contributed by atoms with Crippen molar-refractivity contribution >= 4 is 17.6 Å². The summed E-state index contributed by atoms with van der Waals surface area (Å²) in [5, 5.41) is 14.4. The van der Waals surface area contributed by atoms with Gasteiger partial charge in [0, 0.05) is 37.9 Å². The zero-order valence-corrected chi connectivity index (χ0v) is 13.0. The van der Waals surface area contributed by atoms with Crippen LogP contribution in [0.4, 0.5) is 10.5 Å². The molecule has 0 bridgehead atoms. The number of imide groups is 1. The zero-order chi connectivity index (χ0) is 16.2. The second kappa shape index (κ2) is 6.87. The number of phenolic OH excluding ortho intramolecular Hbond substituents is 1. The van der Waals surface area contributed by atoms with E-state index >= 15 is 0 Å². The fraction of sp³-hybridized carbons (Fsp3) is 0.500. The number of anilines is 1. The summed E-state index contributed by atoms with van der Waals surface area (Å²) in [5.41, 5.74) is 1.07. The summed E-state index contributed by atoms with van der Waals surface area (Å²) in [6, 6.07) is 6.98. The lowest BCUT2D eigenvalue weighted by Gasteiger charge is -2.35. The van der Waals surface area contributed by atoms with Crippen molar-refractivity contribution < 1.29 is 14.7 Å². The summed E-state index contributed by atoms with van der Waals surface area (Å²) in [4.78, 5) is 27.6. The average molecular weight is 318 g/mol. The van der Waals surface area contributed by atoms with Gasteiger partial charge in [-0.3, -0.25) is 15.0 Å². The Morgan fingerprint density at radius 1 is 1.09 bits per heavy atom. The number of carbonyl (C=O) groups is 2. The molecule has 23 heavy (non-hydrogen) atoms. The highest BCUT2D eigenvalue weighted by atomic mass is 16.3. The van der Waals surface area contributed by atoms with Gasteiger partial charge in [-0.1, -0.05) is 0 Å². The van der Waals surface area contributed by atoms with Crippen molar-refractivity contribution in [2.45, 2.75) is 18.9 Å². The number of nitrogens with zero attached hydrogens (tertiary/aromatic N) is 2. The molecule has 1 saturated heterocycles. The molecule has 1 saturated carbocycles. The lowest BCUT2D eigenvalue weighted by Crippen LogP contribution is -2.51. The molecular formula is C16H22N4O3. The molecular weight excluding hydrogens is 296 g/mol. The Balaban J connectivity index is 1.40. The molecule has 2 fully saturated rings. The molecule has 0 unspecified atom stereocenters. The zero-order valence-electron chi connectivity index (χ0n) is 13.0. The van der Waals surface area contributed by atoms with Crippen molar-refractivity contribution in [3.8, 4) is 5.75 Å². The quantitative estimate of drug-likeness (QED) is 0.753. The van der Waals surface area contributed by atoms with E-state index < -0.39 is 0 Å². The minimum Gasteiger partial charge on any atom is -0.508 e. The Morgan fingerprint density at radius 2 is 1.74 bits per heavy atom. The second-order valence-electron chi connectivity index (χ2n) is 6.08. The number of urea groups is 1. The highest BCUT2D eigenvalue weighted by molar-refractivity contribution is 5.95. The first-order chi connectivity index (χ1) is 11.1. The van der Waals surface area contributed by atoms with Gasteiger partial charge >= 0.3 is 6.03 Å². The van der Waals surface area contributed by atoms with E-state index in [9.17, 15) is 14.7 Å². The number of phenols is 1. The molecule has 0 spiro atoms. The first-order valence-electron chi connectivity index (χ1n) is 7.97. The van der Waals surface area contributed by atoms with Crippen molar-refractivity contribution in [3.05, 3.63) is 24.3 Å². The number of aromatic hydroxyl groups is 1. The summed E-state index contributed by atoms with van der Waals surface area (Å²) in [6.07, 6.45) is 2.00. The van der Waals surface area contributed by atoms with Crippen LogP contribution in [0.5, 0.6) is 5.75 Å². The van der Waals surface area contributed by atoms with Gasteiger partial charge in [0.05, 0.1) is 6.54 Å². The molecule has 7 nitrogen and oxygen atoms in total. The molecule has 3 rings (SSSR count). The van der Waals surface area contributed by atoms with Crippen molar-refractivity contribution in [3.63, 3.8) is 0 Å². The van der Waals surface area contributed by atoms with E-state index in [1.807, 2.05) is 17.0 Å². The van der Waals surface area contributed by atoms with Crippen LogP contribution in [-0.4, -0.2) is 60.7 Å². The Kier molecular flexibility index (Phi) is 4.66. The average Bonchev–Trinajstić information content (AvgIpc) is 3.32. The Morgan fingerprint density at radius 3 is 2.35 bits per heavy atom. The van der Waals surface area contributed by atoms with Gasteiger partial charge in [-0.05, 0) is 37.1 Å². The van der Waals surface area contributed by atoms with E-state index in [1.165, 1.54) is 0 Å². The van der Waals surface area contributed by atoms with Crippen molar-refractivity contribution in [2.75, 3.05) is 37.6 Å². The van der Waals surface area contributed by atoms with Crippen LogP contribution in [0.2, 0.25) is 0 Å². The minimum atomic E-state index is -0.389. The van der Waals surface area contributed by atoms with Crippen LogP contribution < -0.4 is 15.5 Å². The van der Waals surface area contributed by atoms with Gasteiger partial charge in [0.25, 0.3) is 0 Å². The van der Waals surface area contributed by atoms with Gasteiger partial charge in [-0.25, -0.2) is 4.79 Å². The summed E-state index contributed by atoms with van der Waals surface area (Å²) >= 11 is 0. The monoisotopic (exact) mass is 318 g/mol. The third-order valence-electron chi connectivity index (χ3n) is 4.12. The fourth-order valence-corrected chi connectivity index (χ4v) is 2.65. The highest BCUT2D eigenvalue weighted by Crippen LogP contribution is 2.20. The Labute approximate surface area is 135 Å². The van der Waals surface area contributed by atoms with E-state index in [0.717, 1.165) is 44.7 Å². The maximum atomic E-state index is 11.9. The maximum Gasteiger partial charge on any atom is 0.321 e. The summed E-state index contributed by atoms with van der Waals surface area (Å²) in [6.45, 7) is 3.39. The molecule has 1 aromatic rings. The SMILES string of the molecule is O=C(CN1CCN(c2ccc(O)cc2)CC1)NC(=O)NC1CC1. The molecule has 2 aliphatic rings.